The van der Waals surface area contributed by atoms with Gasteiger partial charge in [0.25, 0.3) is 5.91 Å². The quantitative estimate of drug-likeness (QED) is 0.739. The molecule has 0 fully saturated rings. The lowest BCUT2D eigenvalue weighted by Crippen LogP contribution is -2.49. The number of allylic oxidation sites excluding steroid dienone is 3. The number of hydrogen-bond acceptors (Lipinski definition) is 6. The van der Waals surface area contributed by atoms with Gasteiger partial charge in [-0.1, -0.05) is 37.6 Å². The lowest BCUT2D eigenvalue weighted by atomic mass is 9.69. The van der Waals surface area contributed by atoms with Crippen LogP contribution in [0.1, 0.15) is 48.5 Å². The number of ketones is 1. The van der Waals surface area contributed by atoms with Crippen molar-refractivity contribution >= 4 is 23.3 Å². The van der Waals surface area contributed by atoms with Gasteiger partial charge in [-0.25, -0.2) is 5.01 Å². The topological polar surface area (TPSA) is 112 Å². The number of amides is 1. The Labute approximate surface area is 191 Å². The number of Topliss-reactive ketones (excluding diaryl/α,β-unsaturated/α-hetero) is 1. The van der Waals surface area contributed by atoms with Gasteiger partial charge in [-0.15, -0.1) is 0 Å². The van der Waals surface area contributed by atoms with Crippen LogP contribution in [0.25, 0.3) is 0 Å². The van der Waals surface area contributed by atoms with Crippen LogP contribution in [0.3, 0.4) is 0 Å². The van der Waals surface area contributed by atoms with Gasteiger partial charge in [-0.05, 0) is 41.7 Å². The van der Waals surface area contributed by atoms with Gasteiger partial charge in [0.15, 0.2) is 5.78 Å². The first kappa shape index (κ1) is 21.6. The van der Waals surface area contributed by atoms with Gasteiger partial charge in [0.2, 0.25) is 0 Å². The van der Waals surface area contributed by atoms with Crippen molar-refractivity contribution in [3.63, 3.8) is 0 Å². The lowest BCUT2D eigenvalue weighted by molar-refractivity contribution is -0.118. The molecule has 0 bridgehead atoms. The Morgan fingerprint density at radius 2 is 2.00 bits per heavy atom. The first-order valence-electron chi connectivity index (χ1n) is 10.1. The predicted molar refractivity (Wildman–Crippen MR) is 120 cm³/mol. The van der Waals surface area contributed by atoms with Crippen molar-refractivity contribution in [2.45, 2.75) is 32.6 Å². The normalized spacial score (nSPS) is 20.0. The van der Waals surface area contributed by atoms with Crippen LogP contribution in [0, 0.1) is 16.7 Å². The van der Waals surface area contributed by atoms with Crippen LogP contribution in [-0.2, 0) is 4.79 Å². The van der Waals surface area contributed by atoms with E-state index in [9.17, 15) is 14.9 Å². The molecule has 8 heteroatoms. The molecule has 1 unspecified atom stereocenters. The van der Waals surface area contributed by atoms with Crippen LogP contribution in [0.4, 0.5) is 0 Å². The molecule has 2 aliphatic rings. The predicted octanol–water partition coefficient (Wildman–Crippen LogP) is 3.82. The zero-order valence-corrected chi connectivity index (χ0v) is 18.5. The van der Waals surface area contributed by atoms with E-state index in [1.807, 2.05) is 13.8 Å². The number of halogens is 1. The SMILES string of the molecule is CC1(C)CC(=O)C2=C(C1)N(NC(=O)c1cccnc1)C(N)=C(C#N)C2c1ccc(Cl)cc1. The first-order chi connectivity index (χ1) is 15.2. The third-order valence-corrected chi connectivity index (χ3v) is 5.97. The minimum atomic E-state index is -0.623. The number of pyridine rings is 1. The van der Waals surface area contributed by atoms with Gasteiger partial charge in [0.05, 0.1) is 28.8 Å². The Morgan fingerprint density at radius 1 is 1.28 bits per heavy atom. The molecule has 0 saturated heterocycles. The van der Waals surface area contributed by atoms with Gasteiger partial charge < -0.3 is 5.73 Å². The number of aromatic nitrogens is 1. The number of nitrogens with two attached hydrogens (primary N) is 1. The van der Waals surface area contributed by atoms with Crippen LogP contribution < -0.4 is 11.2 Å². The summed E-state index contributed by atoms with van der Waals surface area (Å²) in [5, 5.41) is 11.9. The Balaban J connectivity index is 1.86. The molecule has 1 atom stereocenters. The molecule has 1 aliphatic carbocycles. The molecule has 1 aliphatic heterocycles. The van der Waals surface area contributed by atoms with Gasteiger partial charge in [0.1, 0.15) is 5.82 Å². The highest BCUT2D eigenvalue weighted by molar-refractivity contribution is 6.30. The molecule has 4 rings (SSSR count). The third-order valence-electron chi connectivity index (χ3n) is 5.72. The molecule has 0 radical (unpaired) electrons. The molecule has 1 aromatic carbocycles. The van der Waals surface area contributed by atoms with Crippen LogP contribution in [0.5, 0.6) is 0 Å². The number of rotatable bonds is 3. The van der Waals surface area contributed by atoms with E-state index >= 15 is 0 Å². The minimum Gasteiger partial charge on any atom is -0.383 e. The van der Waals surface area contributed by atoms with E-state index in [2.05, 4.69) is 16.5 Å². The monoisotopic (exact) mass is 447 g/mol. The van der Waals surface area contributed by atoms with E-state index in [4.69, 9.17) is 17.3 Å². The number of nitrogens with zero attached hydrogens (tertiary/aromatic N) is 3. The summed E-state index contributed by atoms with van der Waals surface area (Å²) in [5.41, 5.74) is 11.2. The van der Waals surface area contributed by atoms with Crippen LogP contribution in [-0.4, -0.2) is 21.7 Å². The summed E-state index contributed by atoms with van der Waals surface area (Å²) in [4.78, 5) is 30.2. The fraction of sp³-hybridized carbons (Fsp3) is 0.250. The van der Waals surface area contributed by atoms with E-state index in [-0.39, 0.29) is 22.6 Å². The van der Waals surface area contributed by atoms with Crippen molar-refractivity contribution in [3.8, 4) is 6.07 Å². The first-order valence-corrected chi connectivity index (χ1v) is 10.5. The van der Waals surface area contributed by atoms with Crippen molar-refractivity contribution in [2.75, 3.05) is 0 Å². The number of hydrogen-bond donors (Lipinski definition) is 2. The van der Waals surface area contributed by atoms with E-state index in [0.29, 0.717) is 34.7 Å². The lowest BCUT2D eigenvalue weighted by Gasteiger charge is -2.43. The van der Waals surface area contributed by atoms with E-state index < -0.39 is 11.8 Å². The van der Waals surface area contributed by atoms with Gasteiger partial charge in [0, 0.05) is 29.4 Å². The van der Waals surface area contributed by atoms with Gasteiger partial charge >= 0.3 is 0 Å². The van der Waals surface area contributed by atoms with E-state index in [1.165, 1.54) is 11.2 Å². The maximum Gasteiger partial charge on any atom is 0.271 e. The van der Waals surface area contributed by atoms with Crippen LogP contribution in [0.2, 0.25) is 5.02 Å². The number of carbonyl (C=O) groups excluding carboxylic acids is 2. The highest BCUT2D eigenvalue weighted by Crippen LogP contribution is 2.48. The van der Waals surface area contributed by atoms with Crippen molar-refractivity contribution in [1.82, 2.24) is 15.4 Å². The van der Waals surface area contributed by atoms with Crippen molar-refractivity contribution in [3.05, 3.63) is 87.6 Å². The Hall–Kier alpha value is -3.63. The summed E-state index contributed by atoms with van der Waals surface area (Å²) in [7, 11) is 0. The van der Waals surface area contributed by atoms with Gasteiger partial charge in [-0.3, -0.25) is 20.0 Å². The van der Waals surface area contributed by atoms with Crippen molar-refractivity contribution < 1.29 is 9.59 Å². The summed E-state index contributed by atoms with van der Waals surface area (Å²) in [6.07, 6.45) is 3.84. The average Bonchev–Trinajstić information content (AvgIpc) is 2.76. The molecule has 7 nitrogen and oxygen atoms in total. The second-order valence-corrected chi connectivity index (χ2v) is 9.15. The number of carbonyl (C=O) groups is 2. The average molecular weight is 448 g/mol. The Morgan fingerprint density at radius 3 is 2.62 bits per heavy atom. The smallest absolute Gasteiger partial charge is 0.271 e. The molecule has 32 heavy (non-hydrogen) atoms. The highest BCUT2D eigenvalue weighted by atomic mass is 35.5. The second kappa shape index (κ2) is 8.13. The molecular formula is C24H22ClN5O2. The molecule has 3 N–H and O–H groups in total. The zero-order chi connectivity index (χ0) is 23.0. The zero-order valence-electron chi connectivity index (χ0n) is 17.7. The summed E-state index contributed by atoms with van der Waals surface area (Å²) in [5.74, 6) is -1.04. The fourth-order valence-electron chi connectivity index (χ4n) is 4.29. The molecule has 0 saturated carbocycles. The Kier molecular flexibility index (Phi) is 5.49. The maximum atomic E-state index is 13.4. The standard InChI is InChI=1S/C24H22ClN5O2/c1-24(2)10-18-21(19(31)11-24)20(14-5-7-16(25)8-6-14)17(12-26)22(27)30(18)29-23(32)15-4-3-9-28-13-15/h3-9,13,20H,10-11,27H2,1-2H3,(H,29,32). The summed E-state index contributed by atoms with van der Waals surface area (Å²) in [6, 6.07) is 12.5. The Bertz CT molecular complexity index is 1190. The van der Waals surface area contributed by atoms with Crippen LogP contribution in [0.15, 0.2) is 71.5 Å². The summed E-state index contributed by atoms with van der Waals surface area (Å²) in [6.45, 7) is 3.99. The molecule has 1 amide bonds. The second-order valence-electron chi connectivity index (χ2n) is 8.71. The molecular weight excluding hydrogens is 426 g/mol. The van der Waals surface area contributed by atoms with Gasteiger partial charge in [-0.2, -0.15) is 5.26 Å². The van der Waals surface area contributed by atoms with E-state index in [1.54, 1.807) is 42.6 Å². The molecule has 2 heterocycles. The van der Waals surface area contributed by atoms with Crippen molar-refractivity contribution in [2.24, 2.45) is 11.1 Å². The van der Waals surface area contributed by atoms with Crippen molar-refractivity contribution in [1.29, 1.82) is 5.26 Å². The number of nitriles is 1. The minimum absolute atomic E-state index is 0.0722. The number of benzene rings is 1. The summed E-state index contributed by atoms with van der Waals surface area (Å²) >= 11 is 6.05. The van der Waals surface area contributed by atoms with Crippen LogP contribution >= 0.6 is 11.6 Å². The molecule has 1 aromatic heterocycles. The largest absolute Gasteiger partial charge is 0.383 e. The molecule has 2 aromatic rings. The molecule has 162 valence electrons. The highest BCUT2D eigenvalue weighted by Gasteiger charge is 2.44. The fourth-order valence-corrected chi connectivity index (χ4v) is 4.41. The maximum absolute atomic E-state index is 13.4. The molecule has 0 spiro atoms. The summed E-state index contributed by atoms with van der Waals surface area (Å²) < 4.78 is 0. The number of nitrogens with one attached hydrogen (secondary N) is 1. The number of hydrazine groups is 1. The third kappa shape index (κ3) is 3.85. The van der Waals surface area contributed by atoms with E-state index in [0.717, 1.165) is 5.56 Å².